The van der Waals surface area contributed by atoms with Crippen LogP contribution in [-0.4, -0.2) is 8.42 Å². The van der Waals surface area contributed by atoms with E-state index in [1.165, 1.54) is 6.07 Å². The Balaban J connectivity index is 3.56. The van der Waals surface area contributed by atoms with Gasteiger partial charge in [-0.25, -0.2) is 8.42 Å². The zero-order valence-corrected chi connectivity index (χ0v) is 9.17. The second-order valence-electron chi connectivity index (χ2n) is 2.24. The van der Waals surface area contributed by atoms with Gasteiger partial charge < -0.3 is 5.73 Å². The lowest BCUT2D eigenvalue weighted by atomic mass is 10.3. The fraction of sp³-hybridized carbons (Fsp3) is 0. The molecule has 0 fully saturated rings. The highest BCUT2D eigenvalue weighted by Crippen LogP contribution is 2.32. The lowest BCUT2D eigenvalue weighted by Crippen LogP contribution is -1.98. The summed E-state index contributed by atoms with van der Waals surface area (Å²) in [5.41, 5.74) is 5.29. The quantitative estimate of drug-likeness (QED) is 0.623. The summed E-state index contributed by atoms with van der Waals surface area (Å²) < 4.78 is 21.9. The highest BCUT2D eigenvalue weighted by Gasteiger charge is 2.17. The summed E-state index contributed by atoms with van der Waals surface area (Å²) in [6.07, 6.45) is 0. The molecule has 0 aliphatic rings. The predicted molar refractivity (Wildman–Crippen MR) is 53.9 cm³/mol. The van der Waals surface area contributed by atoms with Crippen LogP contribution in [0.4, 0.5) is 5.69 Å². The Morgan fingerprint density at radius 2 is 1.77 bits per heavy atom. The number of nitrogens with two attached hydrogens (primary N) is 1. The van der Waals surface area contributed by atoms with E-state index < -0.39 is 9.05 Å². The van der Waals surface area contributed by atoms with Crippen molar-refractivity contribution in [1.29, 1.82) is 0 Å². The average Bonchev–Trinajstić information content (AvgIpc) is 1.94. The molecule has 1 aromatic rings. The van der Waals surface area contributed by atoms with Gasteiger partial charge in [0.05, 0.1) is 10.7 Å². The van der Waals surface area contributed by atoms with Gasteiger partial charge in [-0.05, 0) is 12.1 Å². The van der Waals surface area contributed by atoms with Crippen LogP contribution in [0.5, 0.6) is 0 Å². The molecule has 0 spiro atoms. The number of anilines is 1. The first-order chi connectivity index (χ1) is 5.82. The zero-order chi connectivity index (χ0) is 10.2. The summed E-state index contributed by atoms with van der Waals surface area (Å²) in [7, 11) is 1.18. The van der Waals surface area contributed by atoms with E-state index in [4.69, 9.17) is 39.6 Å². The third-order valence-electron chi connectivity index (χ3n) is 1.32. The van der Waals surface area contributed by atoms with Crippen LogP contribution in [0.1, 0.15) is 0 Å². The van der Waals surface area contributed by atoms with Gasteiger partial charge in [-0.3, -0.25) is 0 Å². The number of hydrogen-bond acceptors (Lipinski definition) is 3. The van der Waals surface area contributed by atoms with Crippen LogP contribution < -0.4 is 5.73 Å². The topological polar surface area (TPSA) is 60.2 Å². The lowest BCUT2D eigenvalue weighted by Gasteiger charge is -2.04. The fourth-order valence-corrected chi connectivity index (χ4v) is 2.40. The second-order valence-corrected chi connectivity index (χ2v) is 5.62. The van der Waals surface area contributed by atoms with Gasteiger partial charge in [0, 0.05) is 15.7 Å². The highest BCUT2D eigenvalue weighted by molar-refractivity contribution is 8.13. The van der Waals surface area contributed by atoms with Crippen molar-refractivity contribution in [3.63, 3.8) is 0 Å². The Labute approximate surface area is 89.8 Å². The van der Waals surface area contributed by atoms with Crippen molar-refractivity contribution in [2.24, 2.45) is 0 Å². The molecule has 13 heavy (non-hydrogen) atoms. The third-order valence-corrected chi connectivity index (χ3v) is 3.21. The van der Waals surface area contributed by atoms with E-state index in [0.717, 1.165) is 6.07 Å². The van der Waals surface area contributed by atoms with Crippen LogP contribution in [0.25, 0.3) is 0 Å². The number of nitrogen functional groups attached to an aromatic ring is 1. The average molecular weight is 261 g/mol. The first kappa shape index (κ1) is 10.9. The fourth-order valence-electron chi connectivity index (χ4n) is 0.763. The summed E-state index contributed by atoms with van der Waals surface area (Å²) in [6.45, 7) is 0. The Hall–Kier alpha value is -0.160. The van der Waals surface area contributed by atoms with E-state index in [0.29, 0.717) is 0 Å². The molecule has 1 aromatic carbocycles. The van der Waals surface area contributed by atoms with Gasteiger partial charge in [-0.15, -0.1) is 0 Å². The molecular weight excluding hydrogens is 256 g/mol. The normalized spacial score (nSPS) is 11.6. The number of benzene rings is 1. The maximum atomic E-state index is 10.9. The SMILES string of the molecule is Nc1c(Cl)cc(Cl)cc1S(=O)(=O)Cl. The standard InChI is InChI=1S/C6H4Cl3NO2S/c7-3-1-4(8)6(10)5(2-3)13(9,11)12/h1-2H,10H2. The van der Waals surface area contributed by atoms with Crippen LogP contribution in [0.15, 0.2) is 17.0 Å². The second kappa shape index (κ2) is 3.53. The maximum absolute atomic E-state index is 10.9. The molecule has 0 unspecified atom stereocenters. The van der Waals surface area contributed by atoms with Crippen LogP contribution in [0, 0.1) is 0 Å². The van der Waals surface area contributed by atoms with Crippen molar-refractivity contribution >= 4 is 48.6 Å². The van der Waals surface area contributed by atoms with E-state index >= 15 is 0 Å². The van der Waals surface area contributed by atoms with Gasteiger partial charge in [-0.2, -0.15) is 0 Å². The van der Waals surface area contributed by atoms with Crippen LogP contribution in [0.3, 0.4) is 0 Å². The van der Waals surface area contributed by atoms with E-state index in [9.17, 15) is 8.42 Å². The Bertz CT molecular complexity index is 443. The predicted octanol–water partition coefficient (Wildman–Crippen LogP) is 2.50. The minimum absolute atomic E-state index is 0.0618. The number of hydrogen-bond donors (Lipinski definition) is 1. The van der Waals surface area contributed by atoms with Gasteiger partial charge in [0.15, 0.2) is 0 Å². The van der Waals surface area contributed by atoms with Crippen LogP contribution in [-0.2, 0) is 9.05 Å². The van der Waals surface area contributed by atoms with Gasteiger partial charge in [0.25, 0.3) is 9.05 Å². The third kappa shape index (κ3) is 2.40. The first-order valence-corrected chi connectivity index (χ1v) is 6.08. The maximum Gasteiger partial charge on any atom is 0.263 e. The zero-order valence-electron chi connectivity index (χ0n) is 6.09. The van der Waals surface area contributed by atoms with E-state index in [1.54, 1.807) is 0 Å². The summed E-state index contributed by atoms with van der Waals surface area (Å²) in [5, 5.41) is 0.227. The lowest BCUT2D eigenvalue weighted by molar-refractivity contribution is 0.610. The molecule has 0 aliphatic carbocycles. The van der Waals surface area contributed by atoms with Gasteiger partial charge >= 0.3 is 0 Å². The number of rotatable bonds is 1. The molecule has 0 radical (unpaired) electrons. The summed E-state index contributed by atoms with van der Waals surface area (Å²) in [4.78, 5) is -0.272. The van der Waals surface area contributed by atoms with Crippen LogP contribution >= 0.6 is 33.9 Å². The van der Waals surface area contributed by atoms with Gasteiger partial charge in [0.1, 0.15) is 4.90 Å². The van der Waals surface area contributed by atoms with Crippen molar-refractivity contribution in [1.82, 2.24) is 0 Å². The molecule has 0 amide bonds. The molecule has 0 bridgehead atoms. The molecule has 3 nitrogen and oxygen atoms in total. The minimum atomic E-state index is -3.90. The monoisotopic (exact) mass is 259 g/mol. The van der Waals surface area contributed by atoms with Crippen molar-refractivity contribution in [2.75, 3.05) is 5.73 Å². The number of halogens is 3. The molecule has 0 heterocycles. The van der Waals surface area contributed by atoms with E-state index in [-0.39, 0.29) is 20.6 Å². The Morgan fingerprint density at radius 3 is 2.23 bits per heavy atom. The van der Waals surface area contributed by atoms with E-state index in [2.05, 4.69) is 0 Å². The molecule has 2 N–H and O–H groups in total. The molecule has 0 saturated heterocycles. The first-order valence-electron chi connectivity index (χ1n) is 3.01. The Kier molecular flexibility index (Phi) is 2.97. The van der Waals surface area contributed by atoms with Crippen molar-refractivity contribution < 1.29 is 8.42 Å². The van der Waals surface area contributed by atoms with Gasteiger partial charge in [0.2, 0.25) is 0 Å². The summed E-state index contributed by atoms with van der Waals surface area (Å²) in [6, 6.07) is 2.48. The molecule has 0 atom stereocenters. The molecule has 7 heteroatoms. The molecule has 1 rings (SSSR count). The summed E-state index contributed by atoms with van der Waals surface area (Å²) in [5.74, 6) is 0. The van der Waals surface area contributed by atoms with E-state index in [1.807, 2.05) is 0 Å². The molecule has 0 saturated carbocycles. The summed E-state index contributed by atoms with van der Waals surface area (Å²) >= 11 is 11.2. The molecule has 0 aliphatic heterocycles. The molecular formula is C6H4Cl3NO2S. The molecule has 72 valence electrons. The highest BCUT2D eigenvalue weighted by atomic mass is 35.7. The van der Waals surface area contributed by atoms with Crippen molar-refractivity contribution in [3.05, 3.63) is 22.2 Å². The Morgan fingerprint density at radius 1 is 1.23 bits per heavy atom. The molecule has 0 aromatic heterocycles. The van der Waals surface area contributed by atoms with Crippen LogP contribution in [0.2, 0.25) is 10.0 Å². The smallest absolute Gasteiger partial charge is 0.263 e. The van der Waals surface area contributed by atoms with Gasteiger partial charge in [-0.1, -0.05) is 23.2 Å². The van der Waals surface area contributed by atoms with Crippen molar-refractivity contribution in [3.8, 4) is 0 Å². The largest absolute Gasteiger partial charge is 0.396 e. The minimum Gasteiger partial charge on any atom is -0.396 e. The van der Waals surface area contributed by atoms with Crippen molar-refractivity contribution in [2.45, 2.75) is 4.90 Å².